The molecule has 0 bridgehead atoms. The first-order chi connectivity index (χ1) is 9.11. The Bertz CT molecular complexity index is 415. The summed E-state index contributed by atoms with van der Waals surface area (Å²) in [6, 6.07) is 5.22. The average molecular weight is 285 g/mol. The van der Waals surface area contributed by atoms with Crippen LogP contribution in [-0.4, -0.2) is 37.6 Å². The molecule has 0 spiro atoms. The molecular formula is C15H22ClFN2. The molecule has 4 heteroatoms. The van der Waals surface area contributed by atoms with E-state index in [-0.39, 0.29) is 11.7 Å². The maximum atomic E-state index is 13.7. The summed E-state index contributed by atoms with van der Waals surface area (Å²) in [6.45, 7) is 9.58. The minimum atomic E-state index is -0.197. The second-order valence-electron chi connectivity index (χ2n) is 5.55. The molecule has 106 valence electrons. The summed E-state index contributed by atoms with van der Waals surface area (Å²) in [5, 5.41) is 0. The van der Waals surface area contributed by atoms with E-state index in [0.717, 1.165) is 38.4 Å². The molecule has 0 atom stereocenters. The molecule has 2 rings (SSSR count). The summed E-state index contributed by atoms with van der Waals surface area (Å²) in [5.41, 5.74) is 1.58. The zero-order chi connectivity index (χ0) is 13.8. The topological polar surface area (TPSA) is 6.48 Å². The van der Waals surface area contributed by atoms with Gasteiger partial charge in [-0.05, 0) is 18.1 Å². The van der Waals surface area contributed by atoms with Crippen LogP contribution in [0.2, 0.25) is 0 Å². The van der Waals surface area contributed by atoms with Crippen molar-refractivity contribution in [2.45, 2.75) is 19.7 Å². The highest BCUT2D eigenvalue weighted by Gasteiger charge is 2.20. The number of alkyl halides is 1. The van der Waals surface area contributed by atoms with Gasteiger partial charge in [-0.15, -0.1) is 11.6 Å². The molecule has 0 radical (unpaired) electrons. The van der Waals surface area contributed by atoms with Crippen molar-refractivity contribution in [2.24, 2.45) is 5.92 Å². The largest absolute Gasteiger partial charge is 0.369 e. The van der Waals surface area contributed by atoms with Crippen LogP contribution in [0.1, 0.15) is 19.4 Å². The third-order valence-corrected chi connectivity index (χ3v) is 3.83. The van der Waals surface area contributed by atoms with Crippen LogP contribution in [0.25, 0.3) is 0 Å². The summed E-state index contributed by atoms with van der Waals surface area (Å²) in [5.74, 6) is 0.727. The van der Waals surface area contributed by atoms with Crippen molar-refractivity contribution in [3.63, 3.8) is 0 Å². The molecule has 1 fully saturated rings. The zero-order valence-corrected chi connectivity index (χ0v) is 12.5. The van der Waals surface area contributed by atoms with Crippen LogP contribution in [0, 0.1) is 11.7 Å². The highest BCUT2D eigenvalue weighted by molar-refractivity contribution is 6.17. The van der Waals surface area contributed by atoms with Gasteiger partial charge >= 0.3 is 0 Å². The summed E-state index contributed by atoms with van der Waals surface area (Å²) in [4.78, 5) is 4.72. The monoisotopic (exact) mass is 284 g/mol. The zero-order valence-electron chi connectivity index (χ0n) is 11.7. The standard InChI is InChI=1S/C15H22ClFN2/c1-12(2)11-18-6-8-19(9-7-18)15-5-3-4-14(17)13(15)10-16/h3-5,12H,6-11H2,1-2H3. The lowest BCUT2D eigenvalue weighted by Gasteiger charge is -2.37. The second kappa shape index (κ2) is 6.58. The van der Waals surface area contributed by atoms with Gasteiger partial charge in [-0.3, -0.25) is 4.90 Å². The number of piperazine rings is 1. The molecule has 19 heavy (non-hydrogen) atoms. The van der Waals surface area contributed by atoms with Crippen LogP contribution in [0.4, 0.5) is 10.1 Å². The molecule has 1 heterocycles. The fourth-order valence-corrected chi connectivity index (χ4v) is 2.93. The second-order valence-corrected chi connectivity index (χ2v) is 5.82. The van der Waals surface area contributed by atoms with Gasteiger partial charge in [0.05, 0.1) is 5.88 Å². The lowest BCUT2D eigenvalue weighted by Crippen LogP contribution is -2.47. The van der Waals surface area contributed by atoms with E-state index in [2.05, 4.69) is 23.6 Å². The Balaban J connectivity index is 2.03. The average Bonchev–Trinajstić information content (AvgIpc) is 2.38. The number of hydrogen-bond acceptors (Lipinski definition) is 2. The number of rotatable bonds is 4. The number of hydrogen-bond donors (Lipinski definition) is 0. The molecule has 1 aliphatic rings. The molecule has 1 aliphatic heterocycles. The summed E-state index contributed by atoms with van der Waals surface area (Å²) in [7, 11) is 0. The van der Waals surface area contributed by atoms with Gasteiger partial charge in [-0.2, -0.15) is 0 Å². The van der Waals surface area contributed by atoms with E-state index in [1.807, 2.05) is 6.07 Å². The Morgan fingerprint density at radius 1 is 1.21 bits per heavy atom. The van der Waals surface area contributed by atoms with E-state index >= 15 is 0 Å². The summed E-state index contributed by atoms with van der Waals surface area (Å²) >= 11 is 5.88. The van der Waals surface area contributed by atoms with Crippen LogP contribution in [-0.2, 0) is 5.88 Å². The molecule has 1 saturated heterocycles. The van der Waals surface area contributed by atoms with Crippen molar-refractivity contribution >= 4 is 17.3 Å². The molecule has 0 unspecified atom stereocenters. The van der Waals surface area contributed by atoms with Crippen LogP contribution < -0.4 is 4.90 Å². The first kappa shape index (κ1) is 14.6. The molecule has 1 aromatic rings. The quantitative estimate of drug-likeness (QED) is 0.783. The Kier molecular flexibility index (Phi) is 5.06. The lowest BCUT2D eigenvalue weighted by molar-refractivity contribution is 0.231. The van der Waals surface area contributed by atoms with Crippen LogP contribution >= 0.6 is 11.6 Å². The maximum Gasteiger partial charge on any atom is 0.129 e. The predicted octanol–water partition coefficient (Wildman–Crippen LogP) is 3.34. The number of anilines is 1. The number of nitrogens with zero attached hydrogens (tertiary/aromatic N) is 2. The fourth-order valence-electron chi connectivity index (χ4n) is 2.66. The van der Waals surface area contributed by atoms with E-state index < -0.39 is 0 Å². The van der Waals surface area contributed by atoms with E-state index in [1.54, 1.807) is 6.07 Å². The third kappa shape index (κ3) is 3.61. The van der Waals surface area contributed by atoms with E-state index in [9.17, 15) is 4.39 Å². The maximum absolute atomic E-state index is 13.7. The van der Waals surface area contributed by atoms with E-state index in [1.165, 1.54) is 6.07 Å². The van der Waals surface area contributed by atoms with Crippen molar-refractivity contribution in [2.75, 3.05) is 37.6 Å². The van der Waals surface area contributed by atoms with Gasteiger partial charge in [0.15, 0.2) is 0 Å². The Morgan fingerprint density at radius 2 is 1.89 bits per heavy atom. The van der Waals surface area contributed by atoms with E-state index in [0.29, 0.717) is 11.5 Å². The van der Waals surface area contributed by atoms with E-state index in [4.69, 9.17) is 11.6 Å². The first-order valence-electron chi connectivity index (χ1n) is 6.92. The molecule has 1 aromatic carbocycles. The van der Waals surface area contributed by atoms with Crippen molar-refractivity contribution in [3.8, 4) is 0 Å². The van der Waals surface area contributed by atoms with Crippen LogP contribution in [0.3, 0.4) is 0 Å². The molecule has 0 aromatic heterocycles. The summed E-state index contributed by atoms with van der Waals surface area (Å²) < 4.78 is 13.7. The first-order valence-corrected chi connectivity index (χ1v) is 7.46. The van der Waals surface area contributed by atoms with Crippen molar-refractivity contribution in [1.82, 2.24) is 4.90 Å². The molecule has 0 N–H and O–H groups in total. The predicted molar refractivity (Wildman–Crippen MR) is 79.4 cm³/mol. The minimum absolute atomic E-state index is 0.197. The molecule has 0 saturated carbocycles. The highest BCUT2D eigenvalue weighted by atomic mass is 35.5. The number of benzene rings is 1. The summed E-state index contributed by atoms with van der Waals surface area (Å²) in [6.07, 6.45) is 0. The molecule has 2 nitrogen and oxygen atoms in total. The molecular weight excluding hydrogens is 263 g/mol. The van der Waals surface area contributed by atoms with Gasteiger partial charge in [0.1, 0.15) is 5.82 Å². The Hall–Kier alpha value is -0.800. The van der Waals surface area contributed by atoms with Gasteiger partial charge in [-0.25, -0.2) is 4.39 Å². The smallest absolute Gasteiger partial charge is 0.129 e. The minimum Gasteiger partial charge on any atom is -0.369 e. The van der Waals surface area contributed by atoms with Crippen molar-refractivity contribution in [3.05, 3.63) is 29.6 Å². The van der Waals surface area contributed by atoms with Crippen molar-refractivity contribution in [1.29, 1.82) is 0 Å². The Morgan fingerprint density at radius 3 is 2.47 bits per heavy atom. The lowest BCUT2D eigenvalue weighted by atomic mass is 10.1. The fraction of sp³-hybridized carbons (Fsp3) is 0.600. The normalized spacial score (nSPS) is 17.2. The van der Waals surface area contributed by atoms with Gasteiger partial charge in [0.25, 0.3) is 0 Å². The highest BCUT2D eigenvalue weighted by Crippen LogP contribution is 2.26. The van der Waals surface area contributed by atoms with Gasteiger partial charge in [0.2, 0.25) is 0 Å². The SMILES string of the molecule is CC(C)CN1CCN(c2cccc(F)c2CCl)CC1. The van der Waals surface area contributed by atoms with Gasteiger partial charge < -0.3 is 4.90 Å². The van der Waals surface area contributed by atoms with Gasteiger partial charge in [-0.1, -0.05) is 19.9 Å². The van der Waals surface area contributed by atoms with Crippen LogP contribution in [0.5, 0.6) is 0 Å². The molecule has 0 amide bonds. The number of halogens is 2. The Labute approximate surface area is 120 Å². The van der Waals surface area contributed by atoms with Crippen molar-refractivity contribution < 1.29 is 4.39 Å². The molecule has 0 aliphatic carbocycles. The van der Waals surface area contributed by atoms with Crippen LogP contribution in [0.15, 0.2) is 18.2 Å². The third-order valence-electron chi connectivity index (χ3n) is 3.56. The van der Waals surface area contributed by atoms with Gasteiger partial charge in [0, 0.05) is 44.0 Å².